The minimum atomic E-state index is 0.130. The molecular weight excluding hydrogens is 420 g/mol. The van der Waals surface area contributed by atoms with Crippen LogP contribution in [-0.4, -0.2) is 26.3 Å². The molecule has 0 aliphatic rings. The molecule has 2 N–H and O–H groups in total. The van der Waals surface area contributed by atoms with Gasteiger partial charge >= 0.3 is 0 Å². The number of hydrogen-bond acceptors (Lipinski definition) is 6. The van der Waals surface area contributed by atoms with Gasteiger partial charge in [-0.1, -0.05) is 42.1 Å². The zero-order valence-electron chi connectivity index (χ0n) is 17.6. The zero-order chi connectivity index (χ0) is 22.1. The van der Waals surface area contributed by atoms with Gasteiger partial charge in [0.1, 0.15) is 16.9 Å². The molecular formula is C25H22N4O2S. The molecule has 160 valence electrons. The molecule has 5 aromatic rings. The summed E-state index contributed by atoms with van der Waals surface area (Å²) >= 11 is 1.42. The van der Waals surface area contributed by atoms with Crippen molar-refractivity contribution in [2.24, 2.45) is 0 Å². The predicted molar refractivity (Wildman–Crippen MR) is 129 cm³/mol. The van der Waals surface area contributed by atoms with Crippen LogP contribution in [0.3, 0.4) is 0 Å². The van der Waals surface area contributed by atoms with E-state index in [0.717, 1.165) is 44.0 Å². The molecule has 0 amide bonds. The summed E-state index contributed by atoms with van der Waals surface area (Å²) in [6, 6.07) is 21.5. The van der Waals surface area contributed by atoms with Crippen LogP contribution < -0.4 is 5.73 Å². The van der Waals surface area contributed by atoms with Crippen LogP contribution in [0.15, 0.2) is 76.3 Å². The van der Waals surface area contributed by atoms with Crippen LogP contribution >= 0.6 is 11.8 Å². The number of fused-ring (bicyclic) bond motifs is 3. The van der Waals surface area contributed by atoms with Crippen LogP contribution in [0.1, 0.15) is 12.5 Å². The number of carbonyl (C=O) groups is 1. The third-order valence-corrected chi connectivity index (χ3v) is 6.44. The van der Waals surface area contributed by atoms with Crippen LogP contribution in [0.5, 0.6) is 0 Å². The SMILES string of the molecule is CCn1c(SCC(=O)Cc2ccc3c(c2)oc2ccccc23)nnc1-c1ccc(N)cc1. The van der Waals surface area contributed by atoms with Crippen LogP contribution in [0.25, 0.3) is 33.3 Å². The number of ketones is 1. The Hall–Kier alpha value is -3.58. The van der Waals surface area contributed by atoms with Gasteiger partial charge in [0.25, 0.3) is 0 Å². The average molecular weight is 443 g/mol. The Morgan fingerprint density at radius 2 is 1.78 bits per heavy atom. The lowest BCUT2D eigenvalue weighted by molar-refractivity contribution is -0.116. The number of benzene rings is 3. The average Bonchev–Trinajstić information content (AvgIpc) is 3.38. The Morgan fingerprint density at radius 3 is 2.59 bits per heavy atom. The van der Waals surface area contributed by atoms with Crippen molar-refractivity contribution in [3.63, 3.8) is 0 Å². The number of anilines is 1. The summed E-state index contributed by atoms with van der Waals surface area (Å²) in [6.45, 7) is 2.75. The fraction of sp³-hybridized carbons (Fsp3) is 0.160. The summed E-state index contributed by atoms with van der Waals surface area (Å²) < 4.78 is 7.96. The monoisotopic (exact) mass is 442 g/mol. The van der Waals surface area contributed by atoms with E-state index >= 15 is 0 Å². The maximum absolute atomic E-state index is 12.7. The maximum atomic E-state index is 12.7. The number of nitrogens with two attached hydrogens (primary N) is 1. The molecule has 6 nitrogen and oxygen atoms in total. The number of rotatable bonds is 7. The van der Waals surface area contributed by atoms with Gasteiger partial charge in [0.05, 0.1) is 5.75 Å². The van der Waals surface area contributed by atoms with Gasteiger partial charge in [-0.3, -0.25) is 4.79 Å². The van der Waals surface area contributed by atoms with E-state index in [1.165, 1.54) is 11.8 Å². The number of furan rings is 1. The van der Waals surface area contributed by atoms with Gasteiger partial charge in [0, 0.05) is 35.0 Å². The number of thioether (sulfide) groups is 1. The van der Waals surface area contributed by atoms with Gasteiger partial charge in [0.15, 0.2) is 11.0 Å². The number of hydrogen-bond donors (Lipinski definition) is 1. The second-order valence-electron chi connectivity index (χ2n) is 7.61. The molecule has 3 aromatic carbocycles. The molecule has 0 fully saturated rings. The first-order valence-electron chi connectivity index (χ1n) is 10.5. The van der Waals surface area contributed by atoms with Gasteiger partial charge in [-0.05, 0) is 48.9 Å². The standard InChI is InChI=1S/C25H22N4O2S/c1-2-29-24(17-8-10-18(26)11-9-17)27-28-25(29)32-15-19(30)13-16-7-12-21-20-5-3-4-6-22(20)31-23(21)14-16/h3-12,14H,2,13,15,26H2,1H3. The largest absolute Gasteiger partial charge is 0.456 e. The van der Waals surface area contributed by atoms with Crippen molar-refractivity contribution in [1.29, 1.82) is 0 Å². The molecule has 2 heterocycles. The highest BCUT2D eigenvalue weighted by atomic mass is 32.2. The lowest BCUT2D eigenvalue weighted by Gasteiger charge is -2.07. The Morgan fingerprint density at radius 1 is 1.00 bits per heavy atom. The maximum Gasteiger partial charge on any atom is 0.191 e. The number of nitrogen functional groups attached to an aromatic ring is 1. The lowest BCUT2D eigenvalue weighted by atomic mass is 10.1. The number of para-hydroxylation sites is 1. The first-order valence-corrected chi connectivity index (χ1v) is 11.4. The molecule has 0 saturated carbocycles. The van der Waals surface area contributed by atoms with E-state index in [0.29, 0.717) is 24.4 Å². The van der Waals surface area contributed by atoms with Gasteiger partial charge in [-0.15, -0.1) is 10.2 Å². The topological polar surface area (TPSA) is 86.9 Å². The van der Waals surface area contributed by atoms with Crippen molar-refractivity contribution in [3.05, 3.63) is 72.3 Å². The van der Waals surface area contributed by atoms with Crippen LogP contribution in [0.4, 0.5) is 5.69 Å². The molecule has 0 saturated heterocycles. The predicted octanol–water partition coefficient (Wildman–Crippen LogP) is 5.35. The first-order chi connectivity index (χ1) is 15.6. The van der Waals surface area contributed by atoms with Crippen LogP contribution in [0.2, 0.25) is 0 Å². The second kappa shape index (κ2) is 8.51. The smallest absolute Gasteiger partial charge is 0.191 e. The Bertz CT molecular complexity index is 1420. The van der Waals surface area contributed by atoms with Crippen molar-refractivity contribution < 1.29 is 9.21 Å². The van der Waals surface area contributed by atoms with Gasteiger partial charge in [-0.2, -0.15) is 0 Å². The van der Waals surface area contributed by atoms with E-state index in [1.54, 1.807) is 0 Å². The highest BCUT2D eigenvalue weighted by Crippen LogP contribution is 2.29. The molecule has 0 atom stereocenters. The van der Waals surface area contributed by atoms with Crippen LogP contribution in [0, 0.1) is 0 Å². The molecule has 0 unspecified atom stereocenters. The van der Waals surface area contributed by atoms with Gasteiger partial charge in [-0.25, -0.2) is 0 Å². The molecule has 32 heavy (non-hydrogen) atoms. The normalized spacial score (nSPS) is 11.4. The van der Waals surface area contributed by atoms with Crippen molar-refractivity contribution in [1.82, 2.24) is 14.8 Å². The molecule has 0 bridgehead atoms. The third-order valence-electron chi connectivity index (χ3n) is 5.41. The first kappa shape index (κ1) is 20.3. The van der Waals surface area contributed by atoms with E-state index in [9.17, 15) is 4.79 Å². The number of nitrogens with zero attached hydrogens (tertiary/aromatic N) is 3. The fourth-order valence-corrected chi connectivity index (χ4v) is 4.69. The summed E-state index contributed by atoms with van der Waals surface area (Å²) in [5.74, 6) is 1.24. The van der Waals surface area contributed by atoms with Crippen LogP contribution in [-0.2, 0) is 17.8 Å². The lowest BCUT2D eigenvalue weighted by Crippen LogP contribution is -2.07. The summed E-state index contributed by atoms with van der Waals surface area (Å²) in [5.41, 5.74) is 10.1. The Balaban J connectivity index is 1.29. The third kappa shape index (κ3) is 3.87. The van der Waals surface area contributed by atoms with E-state index in [2.05, 4.69) is 10.2 Å². The Labute approximate surface area is 189 Å². The number of aromatic nitrogens is 3. The van der Waals surface area contributed by atoms with Crippen molar-refractivity contribution in [2.45, 2.75) is 25.0 Å². The quantitative estimate of drug-likeness (QED) is 0.270. The highest BCUT2D eigenvalue weighted by molar-refractivity contribution is 7.99. The summed E-state index contributed by atoms with van der Waals surface area (Å²) in [7, 11) is 0. The summed E-state index contributed by atoms with van der Waals surface area (Å²) in [5, 5.41) is 11.5. The highest BCUT2D eigenvalue weighted by Gasteiger charge is 2.15. The van der Waals surface area contributed by atoms with Crippen molar-refractivity contribution in [3.8, 4) is 11.4 Å². The fourth-order valence-electron chi connectivity index (χ4n) is 3.83. The molecule has 0 radical (unpaired) electrons. The summed E-state index contributed by atoms with van der Waals surface area (Å²) in [6.07, 6.45) is 0.352. The molecule has 7 heteroatoms. The number of Topliss-reactive ketones (excluding diaryl/α,β-unsaturated/α-hetero) is 1. The molecule has 0 aliphatic carbocycles. The second-order valence-corrected chi connectivity index (χ2v) is 8.55. The van der Waals surface area contributed by atoms with E-state index in [-0.39, 0.29) is 5.78 Å². The molecule has 0 aliphatic heterocycles. The van der Waals surface area contributed by atoms with Crippen molar-refractivity contribution in [2.75, 3.05) is 11.5 Å². The number of carbonyl (C=O) groups excluding carboxylic acids is 1. The molecule has 2 aromatic heterocycles. The van der Waals surface area contributed by atoms with Gasteiger partial charge < -0.3 is 14.7 Å². The summed E-state index contributed by atoms with van der Waals surface area (Å²) in [4.78, 5) is 12.7. The molecule has 0 spiro atoms. The zero-order valence-corrected chi connectivity index (χ0v) is 18.4. The van der Waals surface area contributed by atoms with E-state index in [1.807, 2.05) is 78.2 Å². The van der Waals surface area contributed by atoms with Crippen molar-refractivity contribution >= 4 is 45.2 Å². The molecule has 5 rings (SSSR count). The Kier molecular flexibility index (Phi) is 5.41. The van der Waals surface area contributed by atoms with E-state index < -0.39 is 0 Å². The minimum Gasteiger partial charge on any atom is -0.456 e. The minimum absolute atomic E-state index is 0.130. The van der Waals surface area contributed by atoms with E-state index in [4.69, 9.17) is 10.2 Å². The van der Waals surface area contributed by atoms with Gasteiger partial charge in [0.2, 0.25) is 0 Å².